The van der Waals surface area contributed by atoms with Crippen molar-refractivity contribution in [2.45, 2.75) is 6.61 Å². The molecule has 200 valence electrons. The molecule has 11 heteroatoms. The number of benzene rings is 2. The van der Waals surface area contributed by atoms with Gasteiger partial charge in [-0.3, -0.25) is 5.43 Å². The van der Waals surface area contributed by atoms with Crippen molar-refractivity contribution < 1.29 is 23.3 Å². The zero-order valence-corrected chi connectivity index (χ0v) is 21.3. The molecule has 1 N–H and O–H groups in total. The van der Waals surface area contributed by atoms with Gasteiger partial charge in [-0.25, -0.2) is 4.39 Å². The number of methoxy groups -OCH3 is 1. The van der Waals surface area contributed by atoms with Gasteiger partial charge in [-0.2, -0.15) is 15.1 Å². The highest BCUT2D eigenvalue weighted by Crippen LogP contribution is 2.29. The summed E-state index contributed by atoms with van der Waals surface area (Å²) in [6.45, 7) is 5.74. The van der Waals surface area contributed by atoms with E-state index in [-0.39, 0.29) is 12.4 Å². The third kappa shape index (κ3) is 6.48. The lowest BCUT2D eigenvalue weighted by Gasteiger charge is -2.31. The number of hydrazone groups is 1. The molecule has 2 aromatic carbocycles. The summed E-state index contributed by atoms with van der Waals surface area (Å²) in [7, 11) is 1.56. The van der Waals surface area contributed by atoms with Crippen LogP contribution < -0.4 is 24.7 Å². The molecule has 10 nitrogen and oxygen atoms in total. The second-order valence-corrected chi connectivity index (χ2v) is 8.77. The third-order valence-electron chi connectivity index (χ3n) is 6.25. The molecule has 2 fully saturated rings. The van der Waals surface area contributed by atoms with Gasteiger partial charge in [0.25, 0.3) is 0 Å². The summed E-state index contributed by atoms with van der Waals surface area (Å²) in [4.78, 5) is 13.8. The van der Waals surface area contributed by atoms with Crippen molar-refractivity contribution in [1.29, 1.82) is 0 Å². The minimum atomic E-state index is -0.306. The van der Waals surface area contributed by atoms with E-state index in [4.69, 9.17) is 28.9 Å². The maximum absolute atomic E-state index is 13.9. The smallest absolute Gasteiger partial charge is 0.229 e. The molecule has 2 saturated heterocycles. The second-order valence-electron chi connectivity index (χ2n) is 8.77. The Bertz CT molecular complexity index is 1210. The molecule has 0 atom stereocenters. The summed E-state index contributed by atoms with van der Waals surface area (Å²) in [5, 5.41) is 4.40. The molecule has 2 aliphatic rings. The highest BCUT2D eigenvalue weighted by atomic mass is 19.1. The van der Waals surface area contributed by atoms with Gasteiger partial charge in [0.15, 0.2) is 17.3 Å². The second kappa shape index (κ2) is 12.5. The van der Waals surface area contributed by atoms with Crippen molar-refractivity contribution in [2.24, 2.45) is 5.10 Å². The van der Waals surface area contributed by atoms with Crippen LogP contribution in [0.1, 0.15) is 11.1 Å². The quantitative estimate of drug-likeness (QED) is 0.336. The number of hydrogen-bond donors (Lipinski definition) is 1. The summed E-state index contributed by atoms with van der Waals surface area (Å²) >= 11 is 0. The van der Waals surface area contributed by atoms with Crippen LogP contribution in [-0.2, 0) is 16.1 Å². The lowest BCUT2D eigenvalue weighted by molar-refractivity contribution is 0.121. The highest BCUT2D eigenvalue weighted by Gasteiger charge is 2.19. The van der Waals surface area contributed by atoms with Gasteiger partial charge in [0, 0.05) is 37.8 Å². The number of morpholine rings is 2. The van der Waals surface area contributed by atoms with Crippen molar-refractivity contribution in [3.8, 4) is 11.5 Å². The topological polar surface area (TPSA) is 93.6 Å². The van der Waals surface area contributed by atoms with Crippen molar-refractivity contribution in [2.75, 3.05) is 74.9 Å². The molecule has 0 aliphatic carbocycles. The molecular weight excluding hydrogens is 491 g/mol. The molecule has 5 rings (SSSR count). The Labute approximate surface area is 221 Å². The van der Waals surface area contributed by atoms with E-state index in [1.165, 1.54) is 6.07 Å². The van der Waals surface area contributed by atoms with E-state index >= 15 is 0 Å². The first-order chi connectivity index (χ1) is 18.7. The largest absolute Gasteiger partial charge is 0.493 e. The zero-order chi connectivity index (χ0) is 26.2. The number of rotatable bonds is 9. The first kappa shape index (κ1) is 25.7. The Hall–Kier alpha value is -3.96. The molecule has 0 radical (unpaired) electrons. The third-order valence-corrected chi connectivity index (χ3v) is 6.25. The number of ether oxygens (including phenoxy) is 4. The normalized spacial score (nSPS) is 16.1. The van der Waals surface area contributed by atoms with Crippen molar-refractivity contribution >= 4 is 23.8 Å². The van der Waals surface area contributed by atoms with Gasteiger partial charge in [-0.05, 0) is 29.8 Å². The van der Waals surface area contributed by atoms with Crippen LogP contribution in [0.25, 0.3) is 0 Å². The van der Waals surface area contributed by atoms with E-state index in [0.29, 0.717) is 55.3 Å². The maximum atomic E-state index is 13.9. The Kier molecular flexibility index (Phi) is 8.46. The Balaban J connectivity index is 1.29. The van der Waals surface area contributed by atoms with Crippen LogP contribution in [0, 0.1) is 5.82 Å². The number of nitrogens with one attached hydrogen (secondary N) is 1. The van der Waals surface area contributed by atoms with Gasteiger partial charge in [0.05, 0.1) is 39.8 Å². The maximum Gasteiger partial charge on any atom is 0.229 e. The molecule has 3 heterocycles. The van der Waals surface area contributed by atoms with E-state index < -0.39 is 0 Å². The Morgan fingerprint density at radius 3 is 2.42 bits per heavy atom. The summed E-state index contributed by atoms with van der Waals surface area (Å²) in [5.41, 5.74) is 4.31. The van der Waals surface area contributed by atoms with Crippen LogP contribution in [0.5, 0.6) is 11.5 Å². The van der Waals surface area contributed by atoms with E-state index in [0.717, 1.165) is 37.6 Å². The summed E-state index contributed by atoms with van der Waals surface area (Å²) in [6.07, 6.45) is 1.67. The molecular formula is C27H31FN6O4. The lowest BCUT2D eigenvalue weighted by atomic mass is 10.2. The highest BCUT2D eigenvalue weighted by molar-refractivity contribution is 5.81. The van der Waals surface area contributed by atoms with Gasteiger partial charge in [0.1, 0.15) is 18.2 Å². The molecule has 38 heavy (non-hydrogen) atoms. The van der Waals surface area contributed by atoms with Crippen LogP contribution in [0.3, 0.4) is 0 Å². The van der Waals surface area contributed by atoms with Crippen LogP contribution >= 0.6 is 0 Å². The number of hydrogen-bond acceptors (Lipinski definition) is 10. The van der Waals surface area contributed by atoms with Gasteiger partial charge < -0.3 is 28.7 Å². The van der Waals surface area contributed by atoms with E-state index in [2.05, 4.69) is 20.3 Å². The predicted molar refractivity (Wildman–Crippen MR) is 143 cm³/mol. The number of aromatic nitrogens is 2. The van der Waals surface area contributed by atoms with E-state index in [1.807, 2.05) is 12.1 Å². The average molecular weight is 523 g/mol. The fraction of sp³-hybridized carbons (Fsp3) is 0.370. The van der Waals surface area contributed by atoms with Gasteiger partial charge in [-0.15, -0.1) is 0 Å². The van der Waals surface area contributed by atoms with Crippen molar-refractivity contribution in [3.05, 3.63) is 65.5 Å². The molecule has 0 bridgehead atoms. The Morgan fingerprint density at radius 2 is 1.68 bits per heavy atom. The predicted octanol–water partition coefficient (Wildman–Crippen LogP) is 3.32. The van der Waals surface area contributed by atoms with Gasteiger partial charge >= 0.3 is 0 Å². The zero-order valence-electron chi connectivity index (χ0n) is 21.3. The van der Waals surface area contributed by atoms with Crippen molar-refractivity contribution in [3.63, 3.8) is 0 Å². The van der Waals surface area contributed by atoms with Crippen LogP contribution in [-0.4, -0.2) is 75.9 Å². The molecule has 0 amide bonds. The number of nitrogens with zero attached hydrogens (tertiary/aromatic N) is 5. The monoisotopic (exact) mass is 522 g/mol. The van der Waals surface area contributed by atoms with Crippen LogP contribution in [0.15, 0.2) is 53.6 Å². The summed E-state index contributed by atoms with van der Waals surface area (Å²) in [5.74, 6) is 2.81. The number of anilines is 3. The molecule has 1 aromatic heterocycles. The molecule has 0 spiro atoms. The molecule has 0 unspecified atom stereocenters. The first-order valence-electron chi connectivity index (χ1n) is 12.6. The standard InChI is InChI=1S/C27H31FN6O4/c1-35-24-16-20(6-7-23(24)38-19-21-4-2-3-5-22(21)28)18-29-32-25-17-26(33-8-12-36-13-9-33)31-27(30-25)34-10-14-37-15-11-34/h2-7,16-18H,8-15,19H2,1H3,(H,30,31,32)/b29-18-. The van der Waals surface area contributed by atoms with Crippen LogP contribution in [0.2, 0.25) is 0 Å². The minimum absolute atomic E-state index is 0.0999. The fourth-order valence-electron chi connectivity index (χ4n) is 4.17. The summed E-state index contributed by atoms with van der Waals surface area (Å²) in [6, 6.07) is 13.9. The van der Waals surface area contributed by atoms with Gasteiger partial charge in [0.2, 0.25) is 5.95 Å². The van der Waals surface area contributed by atoms with Crippen molar-refractivity contribution in [1.82, 2.24) is 9.97 Å². The van der Waals surface area contributed by atoms with E-state index in [1.54, 1.807) is 43.7 Å². The average Bonchev–Trinajstić information content (AvgIpc) is 2.98. The fourth-order valence-corrected chi connectivity index (χ4v) is 4.17. The summed E-state index contributed by atoms with van der Waals surface area (Å²) < 4.78 is 36.2. The SMILES string of the molecule is COc1cc(/C=N\Nc2cc(N3CCOCC3)nc(N3CCOCC3)n2)ccc1OCc1ccccc1F. The molecule has 0 saturated carbocycles. The van der Waals surface area contributed by atoms with Gasteiger partial charge in [-0.1, -0.05) is 18.2 Å². The first-order valence-corrected chi connectivity index (χ1v) is 12.6. The number of halogens is 1. The van der Waals surface area contributed by atoms with E-state index in [9.17, 15) is 4.39 Å². The molecule has 3 aromatic rings. The van der Waals surface area contributed by atoms with Crippen LogP contribution in [0.4, 0.5) is 22.0 Å². The molecule has 2 aliphatic heterocycles. The lowest BCUT2D eigenvalue weighted by Crippen LogP contribution is -2.39. The Morgan fingerprint density at radius 1 is 0.947 bits per heavy atom. The minimum Gasteiger partial charge on any atom is -0.493 e.